The van der Waals surface area contributed by atoms with Crippen LogP contribution in [0.5, 0.6) is 5.75 Å². The number of amides is 1. The van der Waals surface area contributed by atoms with Gasteiger partial charge in [-0.25, -0.2) is 0 Å². The van der Waals surface area contributed by atoms with Gasteiger partial charge in [0.1, 0.15) is 11.9 Å². The molecule has 1 amide bonds. The van der Waals surface area contributed by atoms with E-state index < -0.39 is 0 Å². The Labute approximate surface area is 142 Å². The standard InChI is InChI=1S/C20H22N2O2/c1-3-14-22-19(13-12-15-8-4-7-11-18(15)24-2)21-17-10-6-5-9-16(17)20(22)23/h4-13,19,21H,3,14H2,1-2H3/b13-12+. The molecule has 4 nitrogen and oxygen atoms in total. The van der Waals surface area contributed by atoms with E-state index in [1.165, 1.54) is 0 Å². The van der Waals surface area contributed by atoms with Gasteiger partial charge in [-0.3, -0.25) is 4.79 Å². The summed E-state index contributed by atoms with van der Waals surface area (Å²) in [6, 6.07) is 15.5. The Morgan fingerprint density at radius 1 is 1.17 bits per heavy atom. The maximum absolute atomic E-state index is 12.8. The monoisotopic (exact) mass is 322 g/mol. The van der Waals surface area contributed by atoms with Crippen molar-refractivity contribution >= 4 is 17.7 Å². The Morgan fingerprint density at radius 3 is 2.71 bits per heavy atom. The number of anilines is 1. The summed E-state index contributed by atoms with van der Waals surface area (Å²) in [6.07, 6.45) is 4.76. The Balaban J connectivity index is 1.91. The number of ether oxygens (including phenoxy) is 1. The first-order valence-corrected chi connectivity index (χ1v) is 8.22. The third kappa shape index (κ3) is 3.13. The molecule has 2 aromatic carbocycles. The molecule has 3 rings (SSSR count). The number of hydrogen-bond acceptors (Lipinski definition) is 3. The normalized spacial score (nSPS) is 16.8. The van der Waals surface area contributed by atoms with E-state index in [2.05, 4.69) is 12.2 Å². The molecule has 124 valence electrons. The average molecular weight is 322 g/mol. The van der Waals surface area contributed by atoms with E-state index in [1.807, 2.05) is 65.6 Å². The van der Waals surface area contributed by atoms with Crippen molar-refractivity contribution < 1.29 is 9.53 Å². The Kier molecular flexibility index (Phi) is 4.85. The lowest BCUT2D eigenvalue weighted by molar-refractivity contribution is 0.0717. The zero-order valence-corrected chi connectivity index (χ0v) is 14.0. The molecule has 1 N–H and O–H groups in total. The highest BCUT2D eigenvalue weighted by atomic mass is 16.5. The summed E-state index contributed by atoms with van der Waals surface area (Å²) in [5.74, 6) is 0.888. The molecular formula is C20H22N2O2. The van der Waals surface area contributed by atoms with E-state index in [0.29, 0.717) is 6.54 Å². The SMILES string of the molecule is CCCN1C(=O)c2ccccc2NC1/C=C/c1ccccc1OC. The van der Waals surface area contributed by atoms with Gasteiger partial charge >= 0.3 is 0 Å². The van der Waals surface area contributed by atoms with Crippen LogP contribution in [-0.4, -0.2) is 30.6 Å². The predicted molar refractivity (Wildman–Crippen MR) is 97.2 cm³/mol. The van der Waals surface area contributed by atoms with Crippen molar-refractivity contribution in [1.82, 2.24) is 4.90 Å². The zero-order chi connectivity index (χ0) is 16.9. The highest BCUT2D eigenvalue weighted by Gasteiger charge is 2.29. The fourth-order valence-corrected chi connectivity index (χ4v) is 2.95. The fourth-order valence-electron chi connectivity index (χ4n) is 2.95. The van der Waals surface area contributed by atoms with Crippen molar-refractivity contribution in [2.75, 3.05) is 19.0 Å². The highest BCUT2D eigenvalue weighted by Crippen LogP contribution is 2.27. The molecule has 0 saturated carbocycles. The van der Waals surface area contributed by atoms with Crippen molar-refractivity contribution in [2.24, 2.45) is 0 Å². The molecule has 24 heavy (non-hydrogen) atoms. The average Bonchev–Trinajstić information content (AvgIpc) is 2.63. The van der Waals surface area contributed by atoms with Crippen molar-refractivity contribution in [3.05, 3.63) is 65.7 Å². The maximum Gasteiger partial charge on any atom is 0.257 e. The van der Waals surface area contributed by atoms with Crippen LogP contribution in [0.25, 0.3) is 6.08 Å². The van der Waals surface area contributed by atoms with Crippen molar-refractivity contribution in [2.45, 2.75) is 19.5 Å². The van der Waals surface area contributed by atoms with Gasteiger partial charge in [0.2, 0.25) is 0 Å². The van der Waals surface area contributed by atoms with Gasteiger partial charge < -0.3 is 15.0 Å². The second-order valence-electron chi connectivity index (χ2n) is 5.73. The van der Waals surface area contributed by atoms with Crippen LogP contribution in [0.3, 0.4) is 0 Å². The molecule has 1 atom stereocenters. The highest BCUT2D eigenvalue weighted by molar-refractivity contribution is 6.01. The molecule has 0 aliphatic carbocycles. The summed E-state index contributed by atoms with van der Waals surface area (Å²) in [4.78, 5) is 14.6. The molecule has 1 aliphatic rings. The van der Waals surface area contributed by atoms with Crippen LogP contribution in [0.4, 0.5) is 5.69 Å². The van der Waals surface area contributed by atoms with Crippen molar-refractivity contribution in [3.63, 3.8) is 0 Å². The molecule has 0 fully saturated rings. The molecule has 4 heteroatoms. The number of nitrogens with one attached hydrogen (secondary N) is 1. The second kappa shape index (κ2) is 7.21. The van der Waals surface area contributed by atoms with Gasteiger partial charge in [-0.1, -0.05) is 43.3 Å². The fraction of sp³-hybridized carbons (Fsp3) is 0.250. The maximum atomic E-state index is 12.8. The summed E-state index contributed by atoms with van der Waals surface area (Å²) >= 11 is 0. The molecule has 0 saturated heterocycles. The molecule has 1 aliphatic heterocycles. The molecule has 1 unspecified atom stereocenters. The van der Waals surface area contributed by atoms with Crippen LogP contribution in [0.1, 0.15) is 29.3 Å². The quantitative estimate of drug-likeness (QED) is 0.904. The van der Waals surface area contributed by atoms with Crippen LogP contribution in [0, 0.1) is 0 Å². The molecule has 0 radical (unpaired) electrons. The first kappa shape index (κ1) is 16.1. The summed E-state index contributed by atoms with van der Waals surface area (Å²) < 4.78 is 5.38. The van der Waals surface area contributed by atoms with Crippen molar-refractivity contribution in [3.8, 4) is 5.75 Å². The van der Waals surface area contributed by atoms with Crippen LogP contribution in [0.15, 0.2) is 54.6 Å². The summed E-state index contributed by atoms with van der Waals surface area (Å²) in [7, 11) is 1.66. The topological polar surface area (TPSA) is 41.6 Å². The van der Waals surface area contributed by atoms with E-state index in [4.69, 9.17) is 4.74 Å². The van der Waals surface area contributed by atoms with Gasteiger partial charge in [-0.2, -0.15) is 0 Å². The Bertz CT molecular complexity index is 755. The van der Waals surface area contributed by atoms with E-state index in [0.717, 1.165) is 29.0 Å². The van der Waals surface area contributed by atoms with Gasteiger partial charge in [-0.15, -0.1) is 0 Å². The minimum absolute atomic E-state index is 0.0703. The first-order valence-electron chi connectivity index (χ1n) is 8.22. The molecule has 0 bridgehead atoms. The van der Waals surface area contributed by atoms with Gasteiger partial charge in [0.25, 0.3) is 5.91 Å². The van der Waals surface area contributed by atoms with Gasteiger partial charge in [0.15, 0.2) is 0 Å². The Hall–Kier alpha value is -2.75. The molecule has 1 heterocycles. The minimum Gasteiger partial charge on any atom is -0.496 e. The molecular weight excluding hydrogens is 300 g/mol. The Morgan fingerprint density at radius 2 is 1.92 bits per heavy atom. The number of carbonyl (C=O) groups is 1. The number of fused-ring (bicyclic) bond motifs is 1. The zero-order valence-electron chi connectivity index (χ0n) is 14.0. The van der Waals surface area contributed by atoms with Crippen LogP contribution in [0.2, 0.25) is 0 Å². The van der Waals surface area contributed by atoms with E-state index in [-0.39, 0.29) is 12.1 Å². The van der Waals surface area contributed by atoms with E-state index in [1.54, 1.807) is 7.11 Å². The first-order chi connectivity index (χ1) is 11.7. The predicted octanol–water partition coefficient (Wildman–Crippen LogP) is 4.01. The summed E-state index contributed by atoms with van der Waals surface area (Å²) in [5, 5.41) is 3.45. The number of benzene rings is 2. The molecule has 2 aromatic rings. The van der Waals surface area contributed by atoms with Crippen LogP contribution >= 0.6 is 0 Å². The lowest BCUT2D eigenvalue weighted by Gasteiger charge is -2.36. The third-order valence-corrected chi connectivity index (χ3v) is 4.12. The van der Waals surface area contributed by atoms with Gasteiger partial charge in [0, 0.05) is 17.8 Å². The number of hydrogen-bond donors (Lipinski definition) is 1. The van der Waals surface area contributed by atoms with Gasteiger partial charge in [0.05, 0.1) is 12.7 Å². The van der Waals surface area contributed by atoms with E-state index in [9.17, 15) is 4.79 Å². The van der Waals surface area contributed by atoms with Crippen LogP contribution in [-0.2, 0) is 0 Å². The molecule has 0 aromatic heterocycles. The van der Waals surface area contributed by atoms with Gasteiger partial charge in [-0.05, 0) is 30.7 Å². The number of methoxy groups -OCH3 is 1. The smallest absolute Gasteiger partial charge is 0.257 e. The number of nitrogens with zero attached hydrogens (tertiary/aromatic N) is 1. The van der Waals surface area contributed by atoms with Crippen molar-refractivity contribution in [1.29, 1.82) is 0 Å². The minimum atomic E-state index is -0.169. The number of rotatable bonds is 5. The van der Waals surface area contributed by atoms with E-state index >= 15 is 0 Å². The number of para-hydroxylation sites is 2. The second-order valence-corrected chi connectivity index (χ2v) is 5.73. The van der Waals surface area contributed by atoms with Crippen LogP contribution < -0.4 is 10.1 Å². The largest absolute Gasteiger partial charge is 0.496 e. The summed E-state index contributed by atoms with van der Waals surface area (Å²) in [6.45, 7) is 2.79. The summed E-state index contributed by atoms with van der Waals surface area (Å²) in [5.41, 5.74) is 2.60. The number of carbonyl (C=O) groups excluding carboxylic acids is 1. The lowest BCUT2D eigenvalue weighted by Crippen LogP contribution is -2.48. The third-order valence-electron chi connectivity index (χ3n) is 4.12. The lowest BCUT2D eigenvalue weighted by atomic mass is 10.1. The molecule has 0 spiro atoms.